The Morgan fingerprint density at radius 3 is 1.50 bits per heavy atom. The van der Waals surface area contributed by atoms with Crippen LogP contribution in [0.4, 0.5) is 11.4 Å². The quantitative estimate of drug-likeness (QED) is 0.852. The Morgan fingerprint density at radius 1 is 0.636 bits per heavy atom. The molecule has 0 saturated heterocycles. The summed E-state index contributed by atoms with van der Waals surface area (Å²) < 4.78 is 22.4. The first-order valence-corrected chi connectivity index (χ1v) is 7.34. The van der Waals surface area contributed by atoms with E-state index in [4.69, 9.17) is 18.9 Å². The molecule has 2 aromatic rings. The largest absolute Gasteiger partial charge is 0.486 e. The molecule has 2 aliphatic rings. The lowest BCUT2D eigenvalue weighted by Crippen LogP contribution is -2.17. The molecule has 2 heterocycles. The fourth-order valence-corrected chi connectivity index (χ4v) is 2.63. The molecule has 2 aliphatic heterocycles. The average Bonchev–Trinajstić information content (AvgIpc) is 2.60. The van der Waals surface area contributed by atoms with Gasteiger partial charge >= 0.3 is 0 Å². The molecule has 5 nitrogen and oxygen atoms in total. The van der Waals surface area contributed by atoms with Gasteiger partial charge in [0.25, 0.3) is 0 Å². The summed E-state index contributed by atoms with van der Waals surface area (Å²) in [6.07, 6.45) is 0. The minimum Gasteiger partial charge on any atom is -0.486 e. The summed E-state index contributed by atoms with van der Waals surface area (Å²) in [5.74, 6) is 3.16. The highest BCUT2D eigenvalue weighted by Gasteiger charge is 2.16. The standard InChI is InChI=1S/C17H17NO4/c1-18(12-2-4-14-16(10-12)21-8-6-19-14)13-3-5-15-17(11-13)22-9-7-20-15/h2-5,10-11H,6-9H2,1H3. The van der Waals surface area contributed by atoms with E-state index in [0.29, 0.717) is 26.4 Å². The maximum absolute atomic E-state index is 5.64. The number of nitrogens with zero attached hydrogens (tertiary/aromatic N) is 1. The molecule has 0 unspecified atom stereocenters. The first-order valence-electron chi connectivity index (χ1n) is 7.34. The van der Waals surface area contributed by atoms with Gasteiger partial charge < -0.3 is 23.8 Å². The van der Waals surface area contributed by atoms with E-state index in [-0.39, 0.29) is 0 Å². The van der Waals surface area contributed by atoms with Gasteiger partial charge in [-0.25, -0.2) is 0 Å². The normalized spacial score (nSPS) is 15.3. The van der Waals surface area contributed by atoms with Crippen molar-refractivity contribution in [3.63, 3.8) is 0 Å². The van der Waals surface area contributed by atoms with Crippen molar-refractivity contribution in [2.75, 3.05) is 38.4 Å². The number of benzene rings is 2. The van der Waals surface area contributed by atoms with Gasteiger partial charge in [-0.05, 0) is 24.3 Å². The van der Waals surface area contributed by atoms with E-state index in [0.717, 1.165) is 34.4 Å². The van der Waals surface area contributed by atoms with Crippen LogP contribution < -0.4 is 23.8 Å². The van der Waals surface area contributed by atoms with Crippen molar-refractivity contribution < 1.29 is 18.9 Å². The van der Waals surface area contributed by atoms with E-state index in [1.54, 1.807) is 0 Å². The van der Waals surface area contributed by atoms with Crippen molar-refractivity contribution in [2.45, 2.75) is 0 Å². The Labute approximate surface area is 129 Å². The number of fused-ring (bicyclic) bond motifs is 2. The van der Waals surface area contributed by atoms with Gasteiger partial charge in [-0.2, -0.15) is 0 Å². The van der Waals surface area contributed by atoms with Crippen LogP contribution in [-0.2, 0) is 0 Å². The summed E-state index contributed by atoms with van der Waals surface area (Å²) in [7, 11) is 2.01. The Kier molecular flexibility index (Phi) is 3.18. The van der Waals surface area contributed by atoms with Crippen LogP contribution in [0.1, 0.15) is 0 Å². The Balaban J connectivity index is 1.65. The monoisotopic (exact) mass is 299 g/mol. The van der Waals surface area contributed by atoms with Crippen LogP contribution >= 0.6 is 0 Å². The minimum absolute atomic E-state index is 0.587. The van der Waals surface area contributed by atoms with Crippen LogP contribution in [0.5, 0.6) is 23.0 Å². The summed E-state index contributed by atoms with van der Waals surface area (Å²) >= 11 is 0. The second-order valence-corrected chi connectivity index (χ2v) is 5.21. The van der Waals surface area contributed by atoms with Gasteiger partial charge in [-0.15, -0.1) is 0 Å². The van der Waals surface area contributed by atoms with Gasteiger partial charge in [0.15, 0.2) is 23.0 Å². The molecule has 114 valence electrons. The van der Waals surface area contributed by atoms with Crippen LogP contribution in [0.25, 0.3) is 0 Å². The second kappa shape index (κ2) is 5.33. The Hall–Kier alpha value is -2.56. The lowest BCUT2D eigenvalue weighted by atomic mass is 10.2. The van der Waals surface area contributed by atoms with Crippen molar-refractivity contribution in [2.24, 2.45) is 0 Å². The van der Waals surface area contributed by atoms with E-state index in [1.807, 2.05) is 43.4 Å². The molecular formula is C17H17NO4. The maximum atomic E-state index is 5.64. The summed E-state index contributed by atoms with van der Waals surface area (Å²) in [6.45, 7) is 2.38. The zero-order valence-corrected chi connectivity index (χ0v) is 12.4. The van der Waals surface area contributed by atoms with E-state index < -0.39 is 0 Å². The molecule has 0 spiro atoms. The predicted molar refractivity (Wildman–Crippen MR) is 82.9 cm³/mol. The number of hydrogen-bond acceptors (Lipinski definition) is 5. The minimum atomic E-state index is 0.587. The first kappa shape index (κ1) is 13.1. The fraction of sp³-hybridized carbons (Fsp3) is 0.294. The smallest absolute Gasteiger partial charge is 0.163 e. The van der Waals surface area contributed by atoms with E-state index in [1.165, 1.54) is 0 Å². The second-order valence-electron chi connectivity index (χ2n) is 5.21. The SMILES string of the molecule is CN(c1ccc2c(c1)OCCO2)c1ccc2c(c1)OCCO2. The highest BCUT2D eigenvalue weighted by Crippen LogP contribution is 2.38. The third kappa shape index (κ3) is 2.28. The molecule has 0 saturated carbocycles. The van der Waals surface area contributed by atoms with Crippen LogP contribution in [0, 0.1) is 0 Å². The lowest BCUT2D eigenvalue weighted by molar-refractivity contribution is 0.171. The first-order chi connectivity index (χ1) is 10.8. The number of rotatable bonds is 2. The molecule has 0 amide bonds. The molecule has 0 aliphatic carbocycles. The van der Waals surface area contributed by atoms with Gasteiger partial charge in [0.05, 0.1) is 0 Å². The summed E-state index contributed by atoms with van der Waals surface area (Å²) in [5, 5.41) is 0. The van der Waals surface area contributed by atoms with Gasteiger partial charge in [0, 0.05) is 30.6 Å². The third-order valence-electron chi connectivity index (χ3n) is 3.83. The van der Waals surface area contributed by atoms with Crippen molar-refractivity contribution >= 4 is 11.4 Å². The van der Waals surface area contributed by atoms with Gasteiger partial charge in [-0.1, -0.05) is 0 Å². The van der Waals surface area contributed by atoms with Crippen molar-refractivity contribution in [3.8, 4) is 23.0 Å². The Morgan fingerprint density at radius 2 is 1.05 bits per heavy atom. The number of hydrogen-bond donors (Lipinski definition) is 0. The number of ether oxygens (including phenoxy) is 4. The molecule has 0 bridgehead atoms. The zero-order chi connectivity index (χ0) is 14.9. The third-order valence-corrected chi connectivity index (χ3v) is 3.83. The molecule has 0 aromatic heterocycles. The van der Waals surface area contributed by atoms with Crippen LogP contribution in [-0.4, -0.2) is 33.5 Å². The van der Waals surface area contributed by atoms with Crippen LogP contribution in [0.2, 0.25) is 0 Å². The maximum Gasteiger partial charge on any atom is 0.163 e. The molecule has 0 atom stereocenters. The van der Waals surface area contributed by atoms with Gasteiger partial charge in [-0.3, -0.25) is 0 Å². The van der Waals surface area contributed by atoms with E-state index in [9.17, 15) is 0 Å². The van der Waals surface area contributed by atoms with Crippen molar-refractivity contribution in [3.05, 3.63) is 36.4 Å². The zero-order valence-electron chi connectivity index (χ0n) is 12.4. The highest BCUT2D eigenvalue weighted by molar-refractivity contribution is 5.68. The summed E-state index contributed by atoms with van der Waals surface area (Å²) in [5.41, 5.74) is 2.06. The topological polar surface area (TPSA) is 40.2 Å². The summed E-state index contributed by atoms with van der Waals surface area (Å²) in [6, 6.07) is 11.9. The molecule has 0 radical (unpaired) electrons. The van der Waals surface area contributed by atoms with Gasteiger partial charge in [0.1, 0.15) is 26.4 Å². The lowest BCUT2D eigenvalue weighted by Gasteiger charge is -2.25. The molecule has 22 heavy (non-hydrogen) atoms. The fourth-order valence-electron chi connectivity index (χ4n) is 2.63. The highest BCUT2D eigenvalue weighted by atomic mass is 16.6. The molecule has 0 N–H and O–H groups in total. The van der Waals surface area contributed by atoms with Crippen LogP contribution in [0.3, 0.4) is 0 Å². The number of anilines is 2. The Bertz CT molecular complexity index is 642. The van der Waals surface area contributed by atoms with E-state index in [2.05, 4.69) is 4.90 Å². The molecular weight excluding hydrogens is 282 g/mol. The van der Waals surface area contributed by atoms with Crippen LogP contribution in [0.15, 0.2) is 36.4 Å². The average molecular weight is 299 g/mol. The van der Waals surface area contributed by atoms with Crippen molar-refractivity contribution in [1.82, 2.24) is 0 Å². The predicted octanol–water partition coefficient (Wildman–Crippen LogP) is 3.00. The van der Waals surface area contributed by atoms with E-state index >= 15 is 0 Å². The summed E-state index contributed by atoms with van der Waals surface area (Å²) in [4.78, 5) is 2.08. The molecule has 4 rings (SSSR count). The van der Waals surface area contributed by atoms with Gasteiger partial charge in [0.2, 0.25) is 0 Å². The molecule has 5 heteroatoms. The molecule has 2 aromatic carbocycles. The molecule has 0 fully saturated rings. The van der Waals surface area contributed by atoms with Crippen molar-refractivity contribution in [1.29, 1.82) is 0 Å².